The lowest BCUT2D eigenvalue weighted by molar-refractivity contribution is 0.555. The van der Waals surface area contributed by atoms with Crippen LogP contribution in [-0.2, 0) is 0 Å². The summed E-state index contributed by atoms with van der Waals surface area (Å²) in [6.07, 6.45) is 0. The molecule has 0 aliphatic carbocycles. The highest BCUT2D eigenvalue weighted by Gasteiger charge is 2.18. The molecule has 1 aromatic carbocycles. The van der Waals surface area contributed by atoms with Crippen molar-refractivity contribution in [2.24, 2.45) is 0 Å². The fraction of sp³-hybridized carbons (Fsp3) is 0.300. The van der Waals surface area contributed by atoms with E-state index in [-0.39, 0.29) is 0 Å². The van der Waals surface area contributed by atoms with Gasteiger partial charge < -0.3 is 4.43 Å². The van der Waals surface area contributed by atoms with Crippen LogP contribution in [0.5, 0.6) is 5.75 Å². The SMILES string of the molecule is C[Si](C)(C)Oc1ccc(Br)cc1C#N. The zero-order chi connectivity index (χ0) is 10.8. The second-order valence-corrected chi connectivity index (χ2v) is 9.31. The number of benzene rings is 1. The molecule has 1 rings (SSSR count). The summed E-state index contributed by atoms with van der Waals surface area (Å²) >= 11 is 3.32. The molecule has 0 spiro atoms. The predicted molar refractivity (Wildman–Crippen MR) is 62.8 cm³/mol. The Labute approximate surface area is 93.8 Å². The molecule has 1 aromatic rings. The highest BCUT2D eigenvalue weighted by atomic mass is 79.9. The van der Waals surface area contributed by atoms with Crippen molar-refractivity contribution in [1.29, 1.82) is 5.26 Å². The second kappa shape index (κ2) is 4.16. The Morgan fingerprint density at radius 2 is 2.00 bits per heavy atom. The first-order valence-electron chi connectivity index (χ1n) is 4.31. The van der Waals surface area contributed by atoms with Crippen molar-refractivity contribution >= 4 is 24.2 Å². The summed E-state index contributed by atoms with van der Waals surface area (Å²) < 4.78 is 6.67. The molecule has 0 heterocycles. The van der Waals surface area contributed by atoms with Gasteiger partial charge in [0.1, 0.15) is 11.8 Å². The van der Waals surface area contributed by atoms with Crippen LogP contribution < -0.4 is 4.43 Å². The summed E-state index contributed by atoms with van der Waals surface area (Å²) in [7, 11) is -1.63. The standard InChI is InChI=1S/C10H12BrNOSi/c1-14(2,3)13-10-5-4-9(11)6-8(10)7-12/h4-6H,1-3H3. The van der Waals surface area contributed by atoms with E-state index in [2.05, 4.69) is 41.6 Å². The van der Waals surface area contributed by atoms with Crippen LogP contribution in [0.3, 0.4) is 0 Å². The predicted octanol–water partition coefficient (Wildman–Crippen LogP) is 3.53. The third-order valence-electron chi connectivity index (χ3n) is 1.48. The zero-order valence-electron chi connectivity index (χ0n) is 8.47. The average molecular weight is 270 g/mol. The van der Waals surface area contributed by atoms with E-state index in [1.165, 1.54) is 0 Å². The Bertz CT molecular complexity index is 379. The van der Waals surface area contributed by atoms with Crippen LogP contribution in [0.4, 0.5) is 0 Å². The van der Waals surface area contributed by atoms with Gasteiger partial charge in [-0.15, -0.1) is 0 Å². The van der Waals surface area contributed by atoms with Gasteiger partial charge in [-0.3, -0.25) is 0 Å². The lowest BCUT2D eigenvalue weighted by Crippen LogP contribution is -2.29. The molecule has 0 aliphatic heterocycles. The molecule has 74 valence electrons. The maximum absolute atomic E-state index is 8.90. The van der Waals surface area contributed by atoms with Gasteiger partial charge in [-0.25, -0.2) is 0 Å². The minimum atomic E-state index is -1.63. The Morgan fingerprint density at radius 1 is 1.36 bits per heavy atom. The smallest absolute Gasteiger partial charge is 0.242 e. The van der Waals surface area contributed by atoms with Gasteiger partial charge in [0.15, 0.2) is 0 Å². The summed E-state index contributed by atoms with van der Waals surface area (Å²) in [6.45, 7) is 6.28. The fourth-order valence-corrected chi connectivity index (χ4v) is 2.21. The maximum atomic E-state index is 8.90. The number of rotatable bonds is 2. The minimum Gasteiger partial charge on any atom is -0.543 e. The van der Waals surface area contributed by atoms with Gasteiger partial charge in [-0.05, 0) is 37.8 Å². The molecule has 0 atom stereocenters. The Kier molecular flexibility index (Phi) is 3.35. The van der Waals surface area contributed by atoms with Crippen LogP contribution in [0, 0.1) is 11.3 Å². The molecule has 0 unspecified atom stereocenters. The van der Waals surface area contributed by atoms with Crippen LogP contribution in [0.15, 0.2) is 22.7 Å². The van der Waals surface area contributed by atoms with Crippen LogP contribution in [0.2, 0.25) is 19.6 Å². The Hall–Kier alpha value is -0.793. The van der Waals surface area contributed by atoms with E-state index in [0.717, 1.165) is 4.47 Å². The number of nitrogens with zero attached hydrogens (tertiary/aromatic N) is 1. The van der Waals surface area contributed by atoms with Crippen LogP contribution in [0.1, 0.15) is 5.56 Å². The number of nitriles is 1. The molecular formula is C10H12BrNOSi. The van der Waals surface area contributed by atoms with Crippen LogP contribution in [-0.4, -0.2) is 8.32 Å². The Morgan fingerprint density at radius 3 is 2.50 bits per heavy atom. The van der Waals surface area contributed by atoms with Gasteiger partial charge in [0, 0.05) is 4.47 Å². The van der Waals surface area contributed by atoms with Crippen molar-refractivity contribution in [3.05, 3.63) is 28.2 Å². The molecule has 0 bridgehead atoms. The number of hydrogen-bond acceptors (Lipinski definition) is 2. The number of hydrogen-bond donors (Lipinski definition) is 0. The molecule has 0 aromatic heterocycles. The first kappa shape index (κ1) is 11.3. The first-order chi connectivity index (χ1) is 6.42. The summed E-state index contributed by atoms with van der Waals surface area (Å²) in [5, 5.41) is 8.90. The van der Waals surface area contributed by atoms with E-state index in [4.69, 9.17) is 9.69 Å². The molecule has 0 aliphatic rings. The van der Waals surface area contributed by atoms with Crippen LogP contribution >= 0.6 is 15.9 Å². The zero-order valence-corrected chi connectivity index (χ0v) is 11.1. The highest BCUT2D eigenvalue weighted by molar-refractivity contribution is 9.10. The van der Waals surface area contributed by atoms with Crippen molar-refractivity contribution < 1.29 is 4.43 Å². The molecule has 0 fully saturated rings. The van der Waals surface area contributed by atoms with Crippen molar-refractivity contribution in [3.8, 4) is 11.8 Å². The van der Waals surface area contributed by atoms with E-state index in [1.54, 1.807) is 6.07 Å². The normalized spacial score (nSPS) is 10.8. The van der Waals surface area contributed by atoms with E-state index in [1.807, 2.05) is 12.1 Å². The van der Waals surface area contributed by atoms with E-state index >= 15 is 0 Å². The monoisotopic (exact) mass is 269 g/mol. The van der Waals surface area contributed by atoms with E-state index in [0.29, 0.717) is 11.3 Å². The van der Waals surface area contributed by atoms with Crippen molar-refractivity contribution in [1.82, 2.24) is 0 Å². The van der Waals surface area contributed by atoms with Gasteiger partial charge in [-0.2, -0.15) is 5.26 Å². The third-order valence-corrected chi connectivity index (χ3v) is 2.80. The molecule has 0 saturated carbocycles. The summed E-state index contributed by atoms with van der Waals surface area (Å²) in [5.74, 6) is 0.690. The Balaban J connectivity index is 3.05. The van der Waals surface area contributed by atoms with Crippen molar-refractivity contribution in [3.63, 3.8) is 0 Å². The lowest BCUT2D eigenvalue weighted by atomic mass is 10.2. The molecular weight excluding hydrogens is 258 g/mol. The van der Waals surface area contributed by atoms with Gasteiger partial charge in [0.05, 0.1) is 5.56 Å². The molecule has 0 saturated heterocycles. The topological polar surface area (TPSA) is 33.0 Å². The lowest BCUT2D eigenvalue weighted by Gasteiger charge is -2.19. The van der Waals surface area contributed by atoms with Crippen molar-refractivity contribution in [2.45, 2.75) is 19.6 Å². The van der Waals surface area contributed by atoms with E-state index < -0.39 is 8.32 Å². The maximum Gasteiger partial charge on any atom is 0.242 e. The molecule has 0 amide bonds. The van der Waals surface area contributed by atoms with Gasteiger partial charge in [0.2, 0.25) is 8.32 Å². The van der Waals surface area contributed by atoms with Gasteiger partial charge in [-0.1, -0.05) is 15.9 Å². The molecule has 0 radical (unpaired) electrons. The van der Waals surface area contributed by atoms with Crippen LogP contribution in [0.25, 0.3) is 0 Å². The summed E-state index contributed by atoms with van der Waals surface area (Å²) in [4.78, 5) is 0. The second-order valence-electron chi connectivity index (χ2n) is 3.97. The first-order valence-corrected chi connectivity index (χ1v) is 8.51. The van der Waals surface area contributed by atoms with Crippen molar-refractivity contribution in [2.75, 3.05) is 0 Å². The van der Waals surface area contributed by atoms with E-state index in [9.17, 15) is 0 Å². The van der Waals surface area contributed by atoms with Gasteiger partial charge in [0.25, 0.3) is 0 Å². The minimum absolute atomic E-state index is 0.585. The number of halogens is 1. The summed E-state index contributed by atoms with van der Waals surface area (Å²) in [6, 6.07) is 7.62. The highest BCUT2D eigenvalue weighted by Crippen LogP contribution is 2.24. The average Bonchev–Trinajstić information content (AvgIpc) is 2.06. The third kappa shape index (κ3) is 3.16. The molecule has 0 N–H and O–H groups in total. The largest absolute Gasteiger partial charge is 0.543 e. The molecule has 14 heavy (non-hydrogen) atoms. The molecule has 4 heteroatoms. The quantitative estimate of drug-likeness (QED) is 0.770. The van der Waals surface area contributed by atoms with Gasteiger partial charge >= 0.3 is 0 Å². The molecule has 2 nitrogen and oxygen atoms in total. The summed E-state index contributed by atoms with van der Waals surface area (Å²) in [5.41, 5.74) is 0.585. The fourth-order valence-electron chi connectivity index (χ4n) is 1.01.